The Morgan fingerprint density at radius 1 is 1.43 bits per heavy atom. The maximum Gasteiger partial charge on any atom is 0.213 e. The van der Waals surface area contributed by atoms with Crippen LogP contribution in [0.1, 0.15) is 11.3 Å². The van der Waals surface area contributed by atoms with E-state index in [-0.39, 0.29) is 13.2 Å². The van der Waals surface area contributed by atoms with E-state index in [1.807, 2.05) is 19.9 Å². The Morgan fingerprint density at radius 3 is 2.71 bits per heavy atom. The van der Waals surface area contributed by atoms with Crippen LogP contribution < -0.4 is 4.74 Å². The third-order valence-electron chi connectivity index (χ3n) is 1.71. The largest absolute Gasteiger partial charge is 0.475 e. The summed E-state index contributed by atoms with van der Waals surface area (Å²) in [6, 6.07) is 3.73. The Hall–Kier alpha value is -1.13. The van der Waals surface area contributed by atoms with E-state index in [9.17, 15) is 0 Å². The zero-order chi connectivity index (χ0) is 10.6. The molecule has 1 aromatic rings. The van der Waals surface area contributed by atoms with Crippen molar-refractivity contribution in [2.75, 3.05) is 13.2 Å². The summed E-state index contributed by atoms with van der Waals surface area (Å²) in [7, 11) is 0. The number of pyridine rings is 1. The zero-order valence-electron chi connectivity index (χ0n) is 8.40. The second kappa shape index (κ2) is 4.93. The minimum Gasteiger partial charge on any atom is -0.475 e. The van der Waals surface area contributed by atoms with E-state index in [1.54, 1.807) is 6.07 Å². The van der Waals surface area contributed by atoms with Crippen molar-refractivity contribution in [3.8, 4) is 5.88 Å². The highest BCUT2D eigenvalue weighted by Crippen LogP contribution is 2.11. The summed E-state index contributed by atoms with van der Waals surface area (Å²) in [6.45, 7) is 3.59. The van der Waals surface area contributed by atoms with Gasteiger partial charge in [0.05, 0.1) is 6.61 Å². The minimum atomic E-state index is -0.849. The van der Waals surface area contributed by atoms with Crippen molar-refractivity contribution in [3.05, 3.63) is 23.4 Å². The molecule has 0 amide bonds. The van der Waals surface area contributed by atoms with Crippen LogP contribution in [0.15, 0.2) is 12.1 Å². The molecule has 0 radical (unpaired) electrons. The predicted molar refractivity (Wildman–Crippen MR) is 52.3 cm³/mol. The molecule has 0 aliphatic rings. The molecule has 14 heavy (non-hydrogen) atoms. The normalized spacial score (nSPS) is 12.6. The van der Waals surface area contributed by atoms with Crippen LogP contribution in [0.5, 0.6) is 5.88 Å². The van der Waals surface area contributed by atoms with Crippen molar-refractivity contribution in [3.63, 3.8) is 0 Å². The van der Waals surface area contributed by atoms with Gasteiger partial charge in [-0.1, -0.05) is 0 Å². The number of rotatable bonds is 4. The third-order valence-corrected chi connectivity index (χ3v) is 1.71. The maximum absolute atomic E-state index is 9.06. The smallest absolute Gasteiger partial charge is 0.213 e. The number of ether oxygens (including phenoxy) is 1. The molecule has 4 nitrogen and oxygen atoms in total. The molecule has 0 aromatic carbocycles. The molecular weight excluding hydrogens is 182 g/mol. The average Bonchev–Trinajstić information content (AvgIpc) is 2.12. The number of aliphatic hydroxyl groups excluding tert-OH is 2. The first kappa shape index (κ1) is 10.9. The number of hydrogen-bond donors (Lipinski definition) is 2. The van der Waals surface area contributed by atoms with Crippen molar-refractivity contribution in [1.29, 1.82) is 0 Å². The van der Waals surface area contributed by atoms with Crippen LogP contribution in [0.2, 0.25) is 0 Å². The lowest BCUT2D eigenvalue weighted by Gasteiger charge is -2.09. The lowest BCUT2D eigenvalue weighted by Crippen LogP contribution is -2.21. The molecule has 0 unspecified atom stereocenters. The first-order valence-electron chi connectivity index (χ1n) is 4.49. The standard InChI is InChI=1S/C10H15NO3/c1-7-3-8(2)11-10(4-7)14-6-9(13)5-12/h3-4,9,12-13H,5-6H2,1-2H3/t9-/m0/s1. The number of hydrogen-bond acceptors (Lipinski definition) is 4. The van der Waals surface area contributed by atoms with Gasteiger partial charge in [0.15, 0.2) is 0 Å². The lowest BCUT2D eigenvalue weighted by atomic mass is 10.2. The van der Waals surface area contributed by atoms with Crippen LogP contribution in [-0.4, -0.2) is 34.5 Å². The summed E-state index contributed by atoms with van der Waals surface area (Å²) in [5.74, 6) is 0.481. The van der Waals surface area contributed by atoms with Crippen LogP contribution >= 0.6 is 0 Å². The zero-order valence-corrected chi connectivity index (χ0v) is 8.40. The number of nitrogens with zero attached hydrogens (tertiary/aromatic N) is 1. The molecule has 4 heteroatoms. The summed E-state index contributed by atoms with van der Waals surface area (Å²) in [5, 5.41) is 17.6. The van der Waals surface area contributed by atoms with E-state index in [0.717, 1.165) is 11.3 Å². The first-order valence-corrected chi connectivity index (χ1v) is 4.49. The molecule has 0 fully saturated rings. The molecule has 2 N–H and O–H groups in total. The molecule has 0 saturated heterocycles. The summed E-state index contributed by atoms with van der Waals surface area (Å²) in [5.41, 5.74) is 1.93. The molecule has 1 heterocycles. The maximum atomic E-state index is 9.06. The molecule has 0 saturated carbocycles. The second-order valence-corrected chi connectivity index (χ2v) is 3.27. The molecule has 1 aromatic heterocycles. The first-order chi connectivity index (χ1) is 6.61. The summed E-state index contributed by atoms with van der Waals surface area (Å²) in [4.78, 5) is 4.13. The van der Waals surface area contributed by atoms with Gasteiger partial charge in [0.1, 0.15) is 12.7 Å². The van der Waals surface area contributed by atoms with Gasteiger partial charge in [0.25, 0.3) is 0 Å². The van der Waals surface area contributed by atoms with E-state index >= 15 is 0 Å². The van der Waals surface area contributed by atoms with Crippen LogP contribution in [0.3, 0.4) is 0 Å². The second-order valence-electron chi connectivity index (χ2n) is 3.27. The topological polar surface area (TPSA) is 62.6 Å². The molecule has 1 rings (SSSR count). The summed E-state index contributed by atoms with van der Waals surface area (Å²) in [6.07, 6.45) is -0.849. The molecule has 78 valence electrons. The van der Waals surface area contributed by atoms with E-state index in [2.05, 4.69) is 4.98 Å². The fraction of sp³-hybridized carbons (Fsp3) is 0.500. The molecule has 0 bridgehead atoms. The Balaban J connectivity index is 2.58. The van der Waals surface area contributed by atoms with Crippen LogP contribution in [0.25, 0.3) is 0 Å². The quantitative estimate of drug-likeness (QED) is 0.734. The molecule has 1 atom stereocenters. The molecule has 0 aliphatic carbocycles. The van der Waals surface area contributed by atoms with Crippen molar-refractivity contribution < 1.29 is 14.9 Å². The van der Waals surface area contributed by atoms with E-state index in [1.165, 1.54) is 0 Å². The highest BCUT2D eigenvalue weighted by Gasteiger charge is 2.04. The van der Waals surface area contributed by atoms with Crippen molar-refractivity contribution >= 4 is 0 Å². The fourth-order valence-corrected chi connectivity index (χ4v) is 1.11. The molecular formula is C10H15NO3. The molecule has 0 spiro atoms. The Kier molecular flexibility index (Phi) is 3.85. The number of aryl methyl sites for hydroxylation is 2. The van der Waals surface area contributed by atoms with E-state index in [4.69, 9.17) is 14.9 Å². The van der Waals surface area contributed by atoms with Gasteiger partial charge in [-0.15, -0.1) is 0 Å². The fourth-order valence-electron chi connectivity index (χ4n) is 1.11. The van der Waals surface area contributed by atoms with Gasteiger partial charge in [-0.25, -0.2) is 4.98 Å². The monoisotopic (exact) mass is 197 g/mol. The average molecular weight is 197 g/mol. The van der Waals surface area contributed by atoms with E-state index in [0.29, 0.717) is 5.88 Å². The van der Waals surface area contributed by atoms with Gasteiger partial charge in [-0.05, 0) is 25.5 Å². The van der Waals surface area contributed by atoms with Gasteiger partial charge < -0.3 is 14.9 Å². The summed E-state index contributed by atoms with van der Waals surface area (Å²) >= 11 is 0. The van der Waals surface area contributed by atoms with E-state index < -0.39 is 6.10 Å². The molecule has 0 aliphatic heterocycles. The Morgan fingerprint density at radius 2 is 2.14 bits per heavy atom. The number of aliphatic hydroxyl groups is 2. The Bertz CT molecular complexity index is 281. The highest BCUT2D eigenvalue weighted by atomic mass is 16.5. The van der Waals surface area contributed by atoms with Gasteiger partial charge in [0.2, 0.25) is 5.88 Å². The van der Waals surface area contributed by atoms with Crippen LogP contribution in [0, 0.1) is 13.8 Å². The SMILES string of the molecule is Cc1cc(C)nc(OC[C@@H](O)CO)c1. The summed E-state index contributed by atoms with van der Waals surface area (Å²) < 4.78 is 5.20. The minimum absolute atomic E-state index is 0.0619. The van der Waals surface area contributed by atoms with Crippen molar-refractivity contribution in [1.82, 2.24) is 4.98 Å². The van der Waals surface area contributed by atoms with Crippen molar-refractivity contribution in [2.45, 2.75) is 20.0 Å². The highest BCUT2D eigenvalue weighted by molar-refractivity contribution is 5.23. The van der Waals surface area contributed by atoms with Crippen LogP contribution in [0.4, 0.5) is 0 Å². The van der Waals surface area contributed by atoms with Crippen molar-refractivity contribution in [2.24, 2.45) is 0 Å². The Labute approximate surface area is 83.2 Å². The van der Waals surface area contributed by atoms with Gasteiger partial charge in [0, 0.05) is 11.8 Å². The lowest BCUT2D eigenvalue weighted by molar-refractivity contribution is 0.0520. The number of aromatic nitrogens is 1. The third kappa shape index (κ3) is 3.32. The van der Waals surface area contributed by atoms with Gasteiger partial charge in [-0.3, -0.25) is 0 Å². The van der Waals surface area contributed by atoms with Gasteiger partial charge in [-0.2, -0.15) is 0 Å². The van der Waals surface area contributed by atoms with Gasteiger partial charge >= 0.3 is 0 Å². The predicted octanol–water partition coefficient (Wildman–Crippen LogP) is 0.430. The van der Waals surface area contributed by atoms with Crippen LogP contribution in [-0.2, 0) is 0 Å².